The minimum Gasteiger partial charge on any atom is -0.450 e. The van der Waals surface area contributed by atoms with Gasteiger partial charge in [-0.3, -0.25) is 0 Å². The highest BCUT2D eigenvalue weighted by Gasteiger charge is 1.88. The molecule has 1 unspecified atom stereocenters. The zero-order valence-electron chi connectivity index (χ0n) is 7.97. The van der Waals surface area contributed by atoms with Gasteiger partial charge in [0.1, 0.15) is 0 Å². The van der Waals surface area contributed by atoms with E-state index in [0.29, 0.717) is 6.42 Å². The van der Waals surface area contributed by atoms with E-state index in [1.54, 1.807) is 13.0 Å². The molecule has 5 nitrogen and oxygen atoms in total. The fraction of sp³-hybridized carbons (Fsp3) is 0.625. The molecular formula is C8H18O5. The largest absolute Gasteiger partial charge is 0.503 e. The Morgan fingerprint density at radius 2 is 1.77 bits per heavy atom. The number of aliphatic hydroxyl groups excluding tert-OH is 2. The second kappa shape index (κ2) is 17.1. The number of hydrogen-bond donors (Lipinski definition) is 4. The van der Waals surface area contributed by atoms with Gasteiger partial charge in [-0.2, -0.15) is 0 Å². The molecule has 1 atom stereocenters. The van der Waals surface area contributed by atoms with Gasteiger partial charge >= 0.3 is 6.16 Å². The third-order valence-corrected chi connectivity index (χ3v) is 0.547. The van der Waals surface area contributed by atoms with Crippen LogP contribution in [0.3, 0.4) is 0 Å². The molecule has 13 heavy (non-hydrogen) atoms. The van der Waals surface area contributed by atoms with Crippen molar-refractivity contribution >= 4 is 6.16 Å². The van der Waals surface area contributed by atoms with E-state index < -0.39 is 6.16 Å². The maximum atomic E-state index is 8.56. The number of rotatable bonds is 2. The summed E-state index contributed by atoms with van der Waals surface area (Å²) in [4.78, 5) is 8.56. The smallest absolute Gasteiger partial charge is 0.450 e. The van der Waals surface area contributed by atoms with Crippen molar-refractivity contribution in [1.29, 1.82) is 0 Å². The summed E-state index contributed by atoms with van der Waals surface area (Å²) < 4.78 is 0. The first-order chi connectivity index (χ1) is 5.92. The fourth-order valence-electron chi connectivity index (χ4n) is 0.187. The Labute approximate surface area is 78.0 Å². The normalized spacial score (nSPS) is 9.54. The molecule has 0 saturated carbocycles. The van der Waals surface area contributed by atoms with Crippen molar-refractivity contribution in [2.75, 3.05) is 6.61 Å². The molecule has 80 valence electrons. The van der Waals surface area contributed by atoms with Crippen molar-refractivity contribution in [3.05, 3.63) is 12.7 Å². The molecule has 0 aliphatic rings. The van der Waals surface area contributed by atoms with Crippen molar-refractivity contribution in [1.82, 2.24) is 0 Å². The second-order valence-electron chi connectivity index (χ2n) is 2.05. The van der Waals surface area contributed by atoms with E-state index >= 15 is 0 Å². The van der Waals surface area contributed by atoms with Crippen LogP contribution < -0.4 is 0 Å². The molecular weight excluding hydrogens is 176 g/mol. The van der Waals surface area contributed by atoms with Crippen LogP contribution in [-0.2, 0) is 0 Å². The summed E-state index contributed by atoms with van der Waals surface area (Å²) in [6, 6.07) is 0. The highest BCUT2D eigenvalue weighted by molar-refractivity contribution is 5.53. The Kier molecular flexibility index (Phi) is 23.6. The van der Waals surface area contributed by atoms with Crippen LogP contribution in [0.15, 0.2) is 12.7 Å². The van der Waals surface area contributed by atoms with Crippen LogP contribution in [0.25, 0.3) is 0 Å². The molecule has 0 spiro atoms. The van der Waals surface area contributed by atoms with Gasteiger partial charge in [0.15, 0.2) is 0 Å². The van der Waals surface area contributed by atoms with Gasteiger partial charge in [0.05, 0.1) is 6.10 Å². The summed E-state index contributed by atoms with van der Waals surface area (Å²) in [7, 11) is 0. The number of carboxylic acid groups (broad SMARTS) is 2. The maximum absolute atomic E-state index is 8.56. The second-order valence-corrected chi connectivity index (χ2v) is 2.05. The van der Waals surface area contributed by atoms with E-state index in [9.17, 15) is 0 Å². The topological polar surface area (TPSA) is 98.0 Å². The minimum absolute atomic E-state index is 0.0810. The molecule has 0 aromatic heterocycles. The van der Waals surface area contributed by atoms with Gasteiger partial charge in [-0.15, -0.1) is 6.58 Å². The van der Waals surface area contributed by atoms with E-state index in [2.05, 4.69) is 6.58 Å². The highest BCUT2D eigenvalue weighted by Crippen LogP contribution is 1.83. The molecule has 0 aliphatic heterocycles. The lowest BCUT2D eigenvalue weighted by molar-refractivity contribution is 0.136. The van der Waals surface area contributed by atoms with Gasteiger partial charge in [0, 0.05) is 6.61 Å². The third-order valence-electron chi connectivity index (χ3n) is 0.547. The van der Waals surface area contributed by atoms with Crippen LogP contribution in [0.1, 0.15) is 20.3 Å². The van der Waals surface area contributed by atoms with Gasteiger partial charge in [-0.05, 0) is 20.3 Å². The average Bonchev–Trinajstić information content (AvgIpc) is 1.86. The molecule has 4 N–H and O–H groups in total. The molecule has 5 heteroatoms. The zero-order chi connectivity index (χ0) is 11.3. The number of aliphatic hydroxyl groups is 2. The van der Waals surface area contributed by atoms with Gasteiger partial charge in [0.25, 0.3) is 0 Å². The number of allylic oxidation sites excluding steroid dienone is 1. The monoisotopic (exact) mass is 194 g/mol. The van der Waals surface area contributed by atoms with Gasteiger partial charge in [-0.1, -0.05) is 6.08 Å². The third kappa shape index (κ3) is 234. The molecule has 0 amide bonds. The molecule has 0 aromatic rings. The van der Waals surface area contributed by atoms with Crippen LogP contribution in [0.5, 0.6) is 0 Å². The molecule has 0 saturated heterocycles. The van der Waals surface area contributed by atoms with E-state index in [1.807, 2.05) is 6.92 Å². The summed E-state index contributed by atoms with van der Waals surface area (Å²) >= 11 is 0. The predicted octanol–water partition coefficient (Wildman–Crippen LogP) is 1.16. The first-order valence-electron chi connectivity index (χ1n) is 3.70. The summed E-state index contributed by atoms with van der Waals surface area (Å²) in [6.07, 6.45) is 0.0509. The zero-order valence-corrected chi connectivity index (χ0v) is 7.97. The average molecular weight is 194 g/mol. The Balaban J connectivity index is -0.000000125. The van der Waals surface area contributed by atoms with Crippen molar-refractivity contribution in [3.8, 4) is 0 Å². The van der Waals surface area contributed by atoms with Gasteiger partial charge in [-0.25, -0.2) is 4.79 Å². The lowest BCUT2D eigenvalue weighted by Gasteiger charge is -1.95. The minimum atomic E-state index is -1.83. The van der Waals surface area contributed by atoms with E-state index in [4.69, 9.17) is 25.2 Å². The van der Waals surface area contributed by atoms with Crippen LogP contribution in [0.2, 0.25) is 0 Å². The van der Waals surface area contributed by atoms with E-state index in [0.717, 1.165) is 0 Å². The fourth-order valence-corrected chi connectivity index (χ4v) is 0.187. The highest BCUT2D eigenvalue weighted by atomic mass is 16.6. The predicted molar refractivity (Wildman–Crippen MR) is 49.9 cm³/mol. The maximum Gasteiger partial charge on any atom is 0.503 e. The summed E-state index contributed by atoms with van der Waals surface area (Å²) in [6.45, 7) is 6.98. The van der Waals surface area contributed by atoms with Crippen LogP contribution >= 0.6 is 0 Å². The first kappa shape index (κ1) is 17.9. The molecule has 0 heterocycles. The summed E-state index contributed by atoms with van der Waals surface area (Å²) in [5, 5.41) is 30.4. The van der Waals surface area contributed by atoms with Crippen molar-refractivity contribution in [2.45, 2.75) is 26.4 Å². The van der Waals surface area contributed by atoms with Crippen molar-refractivity contribution in [2.24, 2.45) is 0 Å². The molecule has 0 fully saturated rings. The Morgan fingerprint density at radius 1 is 1.54 bits per heavy atom. The Hall–Kier alpha value is -1.07. The molecule has 0 bridgehead atoms. The van der Waals surface area contributed by atoms with Crippen molar-refractivity contribution in [3.63, 3.8) is 0 Å². The number of carbonyl (C=O) groups is 1. The molecule has 0 radical (unpaired) electrons. The van der Waals surface area contributed by atoms with Gasteiger partial charge in [0.2, 0.25) is 0 Å². The van der Waals surface area contributed by atoms with Crippen LogP contribution in [0, 0.1) is 0 Å². The molecule has 0 aliphatic carbocycles. The number of hydrogen-bond acceptors (Lipinski definition) is 3. The standard InChI is InChI=1S/C4H10O2.C3H6.CH2O3/c1-4(6)2-3-5;1-3-2;2-1(3)4/h4-6H,2-3H2,1H3;3H,1H2,2H3;(H2,2,3,4). The van der Waals surface area contributed by atoms with Crippen LogP contribution in [0.4, 0.5) is 4.79 Å². The van der Waals surface area contributed by atoms with E-state index in [-0.39, 0.29) is 12.7 Å². The van der Waals surface area contributed by atoms with Crippen LogP contribution in [-0.4, -0.2) is 39.3 Å². The summed E-state index contributed by atoms with van der Waals surface area (Å²) in [5.41, 5.74) is 0. The summed E-state index contributed by atoms with van der Waals surface area (Å²) in [5.74, 6) is 0. The van der Waals surface area contributed by atoms with Crippen molar-refractivity contribution < 1.29 is 25.2 Å². The lowest BCUT2D eigenvalue weighted by Crippen LogP contribution is -2.00. The lowest BCUT2D eigenvalue weighted by atomic mass is 10.3. The quantitative estimate of drug-likeness (QED) is 0.494. The van der Waals surface area contributed by atoms with E-state index in [1.165, 1.54) is 0 Å². The Morgan fingerprint density at radius 3 is 1.77 bits per heavy atom. The van der Waals surface area contributed by atoms with Gasteiger partial charge < -0.3 is 20.4 Å². The SMILES string of the molecule is C=CC.CC(O)CCO.O=C(O)O. The molecule has 0 rings (SSSR count). The first-order valence-corrected chi connectivity index (χ1v) is 3.70. The molecule has 0 aromatic carbocycles. The Bertz CT molecular complexity index is 107.